The molecule has 0 aromatic heterocycles. The zero-order valence-corrected chi connectivity index (χ0v) is 13.1. The van der Waals surface area contributed by atoms with Crippen LogP contribution in [0, 0.1) is 5.82 Å². The lowest BCUT2D eigenvalue weighted by atomic mass is 10.2. The summed E-state index contributed by atoms with van der Waals surface area (Å²) < 4.78 is 39.8. The van der Waals surface area contributed by atoms with Gasteiger partial charge in [-0.2, -0.15) is 4.31 Å². The van der Waals surface area contributed by atoms with E-state index in [1.165, 1.54) is 16.4 Å². The molecule has 0 aliphatic heterocycles. The van der Waals surface area contributed by atoms with Crippen LogP contribution in [0.2, 0.25) is 0 Å². The van der Waals surface area contributed by atoms with Gasteiger partial charge in [0.15, 0.2) is 0 Å². The van der Waals surface area contributed by atoms with Gasteiger partial charge in [-0.15, -0.1) is 0 Å². The van der Waals surface area contributed by atoms with Crippen LogP contribution in [-0.2, 0) is 16.6 Å². The number of hydrogen-bond donors (Lipinski definition) is 1. The fourth-order valence-corrected chi connectivity index (χ4v) is 3.54. The number of benzene rings is 1. The molecule has 0 bridgehead atoms. The largest absolute Gasteiger partial charge is 0.313 e. The highest BCUT2D eigenvalue weighted by Gasteiger charge is 2.25. The van der Waals surface area contributed by atoms with Gasteiger partial charge in [0, 0.05) is 19.6 Å². The Morgan fingerprint density at radius 2 is 1.85 bits per heavy atom. The third-order valence-electron chi connectivity index (χ3n) is 3.07. The standard InChI is InChI=1S/C14H23FN2O2S/c1-4-9-16-11-12-7-8-13(15)14(10-12)20(18,19)17(5-2)6-3/h7-8,10,16H,4-6,9,11H2,1-3H3. The molecule has 20 heavy (non-hydrogen) atoms. The fourth-order valence-electron chi connectivity index (χ4n) is 1.97. The summed E-state index contributed by atoms with van der Waals surface area (Å²) in [6.07, 6.45) is 0.992. The quantitative estimate of drug-likeness (QED) is 0.750. The van der Waals surface area contributed by atoms with Crippen molar-refractivity contribution in [3.63, 3.8) is 0 Å². The van der Waals surface area contributed by atoms with Crippen LogP contribution >= 0.6 is 0 Å². The molecule has 0 atom stereocenters. The molecular formula is C14H23FN2O2S. The van der Waals surface area contributed by atoms with Gasteiger partial charge in [0.2, 0.25) is 10.0 Å². The van der Waals surface area contributed by atoms with E-state index in [-0.39, 0.29) is 4.90 Å². The van der Waals surface area contributed by atoms with Crippen molar-refractivity contribution in [1.82, 2.24) is 9.62 Å². The molecule has 1 aromatic carbocycles. The number of nitrogens with zero attached hydrogens (tertiary/aromatic N) is 1. The van der Waals surface area contributed by atoms with Crippen LogP contribution in [-0.4, -0.2) is 32.4 Å². The molecule has 6 heteroatoms. The van der Waals surface area contributed by atoms with E-state index in [1.807, 2.05) is 6.92 Å². The molecule has 0 fully saturated rings. The van der Waals surface area contributed by atoms with Crippen molar-refractivity contribution in [2.24, 2.45) is 0 Å². The van der Waals surface area contributed by atoms with Crippen LogP contribution in [0.4, 0.5) is 4.39 Å². The molecule has 0 radical (unpaired) electrons. The fraction of sp³-hybridized carbons (Fsp3) is 0.571. The Morgan fingerprint density at radius 1 is 1.20 bits per heavy atom. The SMILES string of the molecule is CCCNCc1ccc(F)c(S(=O)(=O)N(CC)CC)c1. The number of sulfonamides is 1. The molecule has 1 N–H and O–H groups in total. The summed E-state index contributed by atoms with van der Waals surface area (Å²) in [5.74, 6) is -0.698. The van der Waals surface area contributed by atoms with Gasteiger partial charge in [0.25, 0.3) is 0 Å². The minimum atomic E-state index is -3.75. The lowest BCUT2D eigenvalue weighted by molar-refractivity contribution is 0.439. The van der Waals surface area contributed by atoms with Crippen LogP contribution in [0.25, 0.3) is 0 Å². The lowest BCUT2D eigenvalue weighted by Gasteiger charge is -2.19. The highest BCUT2D eigenvalue weighted by atomic mass is 32.2. The van der Waals surface area contributed by atoms with Gasteiger partial charge < -0.3 is 5.32 Å². The second-order valence-electron chi connectivity index (χ2n) is 4.53. The van der Waals surface area contributed by atoms with Crippen LogP contribution in [0.5, 0.6) is 0 Å². The first kappa shape index (κ1) is 17.1. The molecule has 0 saturated carbocycles. The van der Waals surface area contributed by atoms with Crippen molar-refractivity contribution < 1.29 is 12.8 Å². The molecule has 0 amide bonds. The predicted octanol–water partition coefficient (Wildman–Crippen LogP) is 2.36. The van der Waals surface area contributed by atoms with Crippen LogP contribution in [0.3, 0.4) is 0 Å². The topological polar surface area (TPSA) is 49.4 Å². The van der Waals surface area contributed by atoms with Gasteiger partial charge in [0.1, 0.15) is 10.7 Å². The van der Waals surface area contributed by atoms with E-state index in [9.17, 15) is 12.8 Å². The second-order valence-corrected chi connectivity index (χ2v) is 6.44. The molecule has 4 nitrogen and oxygen atoms in total. The first-order valence-electron chi connectivity index (χ1n) is 6.96. The van der Waals surface area contributed by atoms with Gasteiger partial charge in [-0.1, -0.05) is 26.8 Å². The average Bonchev–Trinajstić information content (AvgIpc) is 2.41. The molecule has 114 valence electrons. The van der Waals surface area contributed by atoms with E-state index in [4.69, 9.17) is 0 Å². The van der Waals surface area contributed by atoms with Gasteiger partial charge in [-0.25, -0.2) is 12.8 Å². The molecule has 0 unspecified atom stereocenters. The highest BCUT2D eigenvalue weighted by Crippen LogP contribution is 2.20. The van der Waals surface area contributed by atoms with Gasteiger partial charge >= 0.3 is 0 Å². The Balaban J connectivity index is 3.07. The summed E-state index contributed by atoms with van der Waals surface area (Å²) >= 11 is 0. The highest BCUT2D eigenvalue weighted by molar-refractivity contribution is 7.89. The predicted molar refractivity (Wildman–Crippen MR) is 78.5 cm³/mol. The third kappa shape index (κ3) is 4.01. The number of nitrogens with one attached hydrogen (secondary N) is 1. The van der Waals surface area contributed by atoms with Crippen molar-refractivity contribution in [2.45, 2.75) is 38.6 Å². The van der Waals surface area contributed by atoms with Gasteiger partial charge in [-0.05, 0) is 30.7 Å². The first-order chi connectivity index (χ1) is 9.47. The van der Waals surface area contributed by atoms with Crippen molar-refractivity contribution in [3.8, 4) is 0 Å². The Kier molecular flexibility index (Phi) is 6.58. The summed E-state index contributed by atoms with van der Waals surface area (Å²) in [7, 11) is -3.75. The third-order valence-corrected chi connectivity index (χ3v) is 5.14. The van der Waals surface area contributed by atoms with Crippen molar-refractivity contribution in [3.05, 3.63) is 29.6 Å². The second kappa shape index (κ2) is 7.71. The molecule has 0 saturated heterocycles. The van der Waals surface area contributed by atoms with Gasteiger partial charge in [0.05, 0.1) is 0 Å². The van der Waals surface area contributed by atoms with Crippen molar-refractivity contribution in [1.29, 1.82) is 0 Å². The monoisotopic (exact) mass is 302 g/mol. The average molecular weight is 302 g/mol. The number of rotatable bonds is 8. The molecule has 0 spiro atoms. The molecule has 1 aromatic rings. The van der Waals surface area contributed by atoms with E-state index in [0.717, 1.165) is 18.5 Å². The Hall–Kier alpha value is -0.980. The Bertz CT molecular complexity index is 528. The summed E-state index contributed by atoms with van der Waals surface area (Å²) in [5, 5.41) is 3.18. The molecule has 0 aliphatic rings. The Labute approximate surface area is 121 Å². The van der Waals surface area contributed by atoms with Crippen molar-refractivity contribution in [2.75, 3.05) is 19.6 Å². The summed E-state index contributed by atoms with van der Waals surface area (Å²) in [6, 6.07) is 4.25. The number of hydrogen-bond acceptors (Lipinski definition) is 3. The van der Waals surface area contributed by atoms with E-state index < -0.39 is 15.8 Å². The molecule has 0 heterocycles. The van der Waals surface area contributed by atoms with E-state index in [1.54, 1.807) is 19.9 Å². The minimum Gasteiger partial charge on any atom is -0.313 e. The summed E-state index contributed by atoms with van der Waals surface area (Å²) in [6.45, 7) is 7.57. The molecule has 0 aliphatic carbocycles. The maximum atomic E-state index is 13.9. The van der Waals surface area contributed by atoms with Crippen LogP contribution in [0.15, 0.2) is 23.1 Å². The van der Waals surface area contributed by atoms with Crippen molar-refractivity contribution >= 4 is 10.0 Å². The molecular weight excluding hydrogens is 279 g/mol. The first-order valence-corrected chi connectivity index (χ1v) is 8.40. The lowest BCUT2D eigenvalue weighted by Crippen LogP contribution is -2.31. The zero-order chi connectivity index (χ0) is 15.2. The normalized spacial score (nSPS) is 12.1. The van der Waals surface area contributed by atoms with Crippen LogP contribution < -0.4 is 5.32 Å². The zero-order valence-electron chi connectivity index (χ0n) is 12.3. The minimum absolute atomic E-state index is 0.239. The van der Waals surface area contributed by atoms with E-state index in [0.29, 0.717) is 19.6 Å². The van der Waals surface area contributed by atoms with E-state index >= 15 is 0 Å². The van der Waals surface area contributed by atoms with Crippen LogP contribution in [0.1, 0.15) is 32.8 Å². The van der Waals surface area contributed by atoms with E-state index in [2.05, 4.69) is 5.32 Å². The maximum absolute atomic E-state index is 13.9. The van der Waals surface area contributed by atoms with Gasteiger partial charge in [-0.3, -0.25) is 0 Å². The summed E-state index contributed by atoms with van der Waals surface area (Å²) in [5.41, 5.74) is 0.769. The molecule has 1 rings (SSSR count). The number of halogens is 1. The summed E-state index contributed by atoms with van der Waals surface area (Å²) in [4.78, 5) is -0.239. The maximum Gasteiger partial charge on any atom is 0.245 e. The Morgan fingerprint density at radius 3 is 2.40 bits per heavy atom. The smallest absolute Gasteiger partial charge is 0.245 e.